The van der Waals surface area contributed by atoms with Crippen LogP contribution < -0.4 is 5.32 Å². The van der Waals surface area contributed by atoms with Crippen LogP contribution in [0.5, 0.6) is 0 Å². The molecule has 2 aliphatic rings. The second kappa shape index (κ2) is 8.28. The van der Waals surface area contributed by atoms with Crippen molar-refractivity contribution < 1.29 is 9.53 Å². The molecule has 3 heterocycles. The predicted molar refractivity (Wildman–Crippen MR) is 94.0 cm³/mol. The molecule has 0 saturated carbocycles. The number of rotatable bonds is 6. The van der Waals surface area contributed by atoms with Gasteiger partial charge in [0.1, 0.15) is 11.9 Å². The van der Waals surface area contributed by atoms with E-state index in [-0.39, 0.29) is 24.6 Å². The number of nitrogens with zero attached hydrogens (tertiary/aromatic N) is 4. The van der Waals surface area contributed by atoms with Gasteiger partial charge in [-0.15, -0.1) is 0 Å². The highest BCUT2D eigenvalue weighted by atomic mass is 16.5. The second-order valence-corrected chi connectivity index (χ2v) is 6.70. The maximum atomic E-state index is 12.7. The standard InChI is InChI=1S/C18H25N5O2/c1-25-16-8-15(12-22-6-2-3-7-22)23(13-16)18(24)11-21-17-5-4-14(9-19)10-20-17/h4-5,10,15-16H,2-3,6-8,11-13H2,1H3,(H,20,21)/t15-,16-/m0/s1. The van der Waals surface area contributed by atoms with E-state index < -0.39 is 0 Å². The smallest absolute Gasteiger partial charge is 0.242 e. The van der Waals surface area contributed by atoms with E-state index >= 15 is 0 Å². The van der Waals surface area contributed by atoms with E-state index in [4.69, 9.17) is 10.00 Å². The van der Waals surface area contributed by atoms with E-state index in [0.717, 1.165) is 26.1 Å². The first-order valence-electron chi connectivity index (χ1n) is 8.84. The molecule has 0 radical (unpaired) electrons. The molecule has 7 nitrogen and oxygen atoms in total. The van der Waals surface area contributed by atoms with Gasteiger partial charge in [-0.3, -0.25) is 4.79 Å². The summed E-state index contributed by atoms with van der Waals surface area (Å²) in [7, 11) is 1.71. The third kappa shape index (κ3) is 4.47. The van der Waals surface area contributed by atoms with E-state index in [1.165, 1.54) is 19.0 Å². The molecule has 1 N–H and O–H groups in total. The Hall–Kier alpha value is -2.17. The van der Waals surface area contributed by atoms with Crippen molar-refractivity contribution >= 4 is 11.7 Å². The number of ether oxygens (including phenoxy) is 1. The van der Waals surface area contributed by atoms with Gasteiger partial charge in [-0.1, -0.05) is 0 Å². The summed E-state index contributed by atoms with van der Waals surface area (Å²) >= 11 is 0. The average molecular weight is 343 g/mol. The summed E-state index contributed by atoms with van der Waals surface area (Å²) in [6.45, 7) is 4.04. The van der Waals surface area contributed by atoms with Crippen molar-refractivity contribution in [3.8, 4) is 6.07 Å². The molecule has 0 aliphatic carbocycles. The summed E-state index contributed by atoms with van der Waals surface area (Å²) < 4.78 is 5.50. The highest BCUT2D eigenvalue weighted by Gasteiger charge is 2.36. The second-order valence-electron chi connectivity index (χ2n) is 6.70. The number of nitriles is 1. The topological polar surface area (TPSA) is 81.5 Å². The molecule has 25 heavy (non-hydrogen) atoms. The quantitative estimate of drug-likeness (QED) is 0.832. The Morgan fingerprint density at radius 3 is 2.88 bits per heavy atom. The van der Waals surface area contributed by atoms with Crippen molar-refractivity contribution in [1.29, 1.82) is 5.26 Å². The van der Waals surface area contributed by atoms with Crippen LogP contribution in [0, 0.1) is 11.3 Å². The summed E-state index contributed by atoms with van der Waals surface area (Å²) in [6, 6.07) is 5.65. The number of pyridine rings is 1. The first kappa shape index (κ1) is 17.6. The number of likely N-dealkylation sites (tertiary alicyclic amines) is 2. The number of hydrogen-bond donors (Lipinski definition) is 1. The molecule has 0 unspecified atom stereocenters. The molecule has 1 amide bonds. The molecule has 2 fully saturated rings. The van der Waals surface area contributed by atoms with Crippen molar-refractivity contribution in [1.82, 2.24) is 14.8 Å². The lowest BCUT2D eigenvalue weighted by Gasteiger charge is -2.28. The van der Waals surface area contributed by atoms with Gasteiger partial charge in [0.05, 0.1) is 18.2 Å². The van der Waals surface area contributed by atoms with Crippen molar-refractivity contribution in [3.05, 3.63) is 23.9 Å². The maximum Gasteiger partial charge on any atom is 0.242 e. The first-order chi connectivity index (χ1) is 12.2. The molecule has 3 rings (SSSR count). The van der Waals surface area contributed by atoms with Crippen LogP contribution in [-0.2, 0) is 9.53 Å². The Balaban J connectivity index is 1.56. The van der Waals surface area contributed by atoms with Crippen LogP contribution in [0.25, 0.3) is 0 Å². The Morgan fingerprint density at radius 2 is 2.24 bits per heavy atom. The molecule has 2 aliphatic heterocycles. The zero-order valence-electron chi connectivity index (χ0n) is 14.6. The van der Waals surface area contributed by atoms with Gasteiger partial charge < -0.3 is 19.9 Å². The lowest BCUT2D eigenvalue weighted by molar-refractivity contribution is -0.130. The summed E-state index contributed by atoms with van der Waals surface area (Å²) in [6.07, 6.45) is 5.01. The number of hydrogen-bond acceptors (Lipinski definition) is 6. The third-order valence-corrected chi connectivity index (χ3v) is 5.01. The molecule has 1 aromatic rings. The molecule has 2 atom stereocenters. The van der Waals surface area contributed by atoms with Gasteiger partial charge in [-0.05, 0) is 44.5 Å². The van der Waals surface area contributed by atoms with Crippen LogP contribution in [0.1, 0.15) is 24.8 Å². The number of nitrogens with one attached hydrogen (secondary N) is 1. The molecule has 0 bridgehead atoms. The number of aromatic nitrogens is 1. The van der Waals surface area contributed by atoms with E-state index in [0.29, 0.717) is 17.9 Å². The largest absolute Gasteiger partial charge is 0.380 e. The zero-order chi connectivity index (χ0) is 17.6. The highest BCUT2D eigenvalue weighted by Crippen LogP contribution is 2.22. The Bertz CT molecular complexity index is 621. The maximum absolute atomic E-state index is 12.7. The minimum absolute atomic E-state index is 0.0647. The van der Waals surface area contributed by atoms with Gasteiger partial charge in [0, 0.05) is 32.4 Å². The molecule has 1 aromatic heterocycles. The minimum atomic E-state index is 0.0647. The fourth-order valence-electron chi connectivity index (χ4n) is 3.62. The van der Waals surface area contributed by atoms with Crippen molar-refractivity contribution in [2.75, 3.05) is 45.2 Å². The first-order valence-corrected chi connectivity index (χ1v) is 8.84. The van der Waals surface area contributed by atoms with Gasteiger partial charge in [-0.25, -0.2) is 4.98 Å². The number of anilines is 1. The minimum Gasteiger partial charge on any atom is -0.380 e. The van der Waals surface area contributed by atoms with Gasteiger partial charge in [0.2, 0.25) is 5.91 Å². The Morgan fingerprint density at radius 1 is 1.44 bits per heavy atom. The highest BCUT2D eigenvalue weighted by molar-refractivity contribution is 5.81. The number of methoxy groups -OCH3 is 1. The summed E-state index contributed by atoms with van der Waals surface area (Å²) in [5.74, 6) is 0.667. The van der Waals surface area contributed by atoms with Crippen LogP contribution in [0.2, 0.25) is 0 Å². The van der Waals surface area contributed by atoms with Crippen molar-refractivity contribution in [2.45, 2.75) is 31.4 Å². The van der Waals surface area contributed by atoms with Gasteiger partial charge in [0.15, 0.2) is 0 Å². The fraction of sp³-hybridized carbons (Fsp3) is 0.611. The van der Waals surface area contributed by atoms with Gasteiger partial charge in [-0.2, -0.15) is 5.26 Å². The van der Waals surface area contributed by atoms with Crippen LogP contribution in [-0.4, -0.2) is 72.7 Å². The van der Waals surface area contributed by atoms with Crippen molar-refractivity contribution in [2.24, 2.45) is 0 Å². The SMILES string of the molecule is CO[C@H]1C[C@@H](CN2CCCC2)N(C(=O)CNc2ccc(C#N)cn2)C1. The number of carbonyl (C=O) groups excluding carboxylic acids is 1. The van der Waals surface area contributed by atoms with E-state index in [1.807, 2.05) is 11.0 Å². The fourth-order valence-corrected chi connectivity index (χ4v) is 3.62. The monoisotopic (exact) mass is 343 g/mol. The lowest BCUT2D eigenvalue weighted by Crippen LogP contribution is -2.44. The Labute approximate surface area is 148 Å². The summed E-state index contributed by atoms with van der Waals surface area (Å²) in [5, 5.41) is 11.9. The molecular formula is C18H25N5O2. The predicted octanol–water partition coefficient (Wildman–Crippen LogP) is 1.08. The molecule has 0 aromatic carbocycles. The van der Waals surface area contributed by atoms with E-state index in [1.54, 1.807) is 19.2 Å². The molecule has 134 valence electrons. The summed E-state index contributed by atoms with van der Waals surface area (Å²) in [5.41, 5.74) is 0.505. The zero-order valence-corrected chi connectivity index (χ0v) is 14.6. The third-order valence-electron chi connectivity index (χ3n) is 5.01. The van der Waals surface area contributed by atoms with Gasteiger partial charge >= 0.3 is 0 Å². The normalized spacial score (nSPS) is 23.6. The average Bonchev–Trinajstić information content (AvgIpc) is 3.30. The van der Waals surface area contributed by atoms with Crippen LogP contribution in [0.15, 0.2) is 18.3 Å². The van der Waals surface area contributed by atoms with Gasteiger partial charge in [0.25, 0.3) is 0 Å². The molecule has 7 heteroatoms. The van der Waals surface area contributed by atoms with Crippen LogP contribution >= 0.6 is 0 Å². The number of carbonyl (C=O) groups is 1. The molecule has 0 spiro atoms. The van der Waals surface area contributed by atoms with E-state index in [9.17, 15) is 4.79 Å². The summed E-state index contributed by atoms with van der Waals surface area (Å²) in [4.78, 5) is 21.2. The molecule has 2 saturated heterocycles. The van der Waals surface area contributed by atoms with E-state index in [2.05, 4.69) is 15.2 Å². The Kier molecular flexibility index (Phi) is 5.84. The van der Waals surface area contributed by atoms with Crippen LogP contribution in [0.4, 0.5) is 5.82 Å². The lowest BCUT2D eigenvalue weighted by atomic mass is 10.2. The number of amides is 1. The van der Waals surface area contributed by atoms with Crippen molar-refractivity contribution in [3.63, 3.8) is 0 Å². The van der Waals surface area contributed by atoms with Crippen LogP contribution in [0.3, 0.4) is 0 Å². The molecular weight excluding hydrogens is 318 g/mol.